The van der Waals surface area contributed by atoms with Crippen LogP contribution in [0.1, 0.15) is 30.5 Å². The third-order valence-electron chi connectivity index (χ3n) is 2.67. The van der Waals surface area contributed by atoms with E-state index in [0.29, 0.717) is 5.41 Å². The van der Waals surface area contributed by atoms with Crippen molar-refractivity contribution >= 4 is 0 Å². The van der Waals surface area contributed by atoms with E-state index >= 15 is 0 Å². The lowest BCUT2D eigenvalue weighted by Crippen LogP contribution is -2.09. The Morgan fingerprint density at radius 1 is 1.23 bits per heavy atom. The number of nitriles is 1. The largest absolute Gasteiger partial charge is 0.192 e. The van der Waals surface area contributed by atoms with Crippen molar-refractivity contribution in [3.8, 4) is 6.07 Å². The Hall–Kier alpha value is -1.29. The maximum Gasteiger partial charge on any atom is 0.0991 e. The normalized spacial score (nSPS) is 17.9. The molecule has 0 bridgehead atoms. The fourth-order valence-corrected chi connectivity index (χ4v) is 2.13. The van der Waals surface area contributed by atoms with E-state index < -0.39 is 0 Å². The first-order valence-electron chi connectivity index (χ1n) is 4.63. The minimum absolute atomic E-state index is 0.385. The summed E-state index contributed by atoms with van der Waals surface area (Å²) in [5, 5.41) is 8.75. The highest BCUT2D eigenvalue weighted by Crippen LogP contribution is 2.36. The third-order valence-corrected chi connectivity index (χ3v) is 2.67. The molecular weight excluding hydrogens is 158 g/mol. The van der Waals surface area contributed by atoms with Crippen LogP contribution < -0.4 is 0 Å². The molecule has 0 N–H and O–H groups in total. The van der Waals surface area contributed by atoms with Crippen LogP contribution in [0.25, 0.3) is 0 Å². The van der Waals surface area contributed by atoms with Crippen molar-refractivity contribution in [3.63, 3.8) is 0 Å². The lowest BCUT2D eigenvalue weighted by atomic mass is 9.90. The quantitative estimate of drug-likeness (QED) is 0.588. The summed E-state index contributed by atoms with van der Waals surface area (Å²) in [7, 11) is 0. The predicted octanol–water partition coefficient (Wildman–Crippen LogP) is 2.68. The lowest BCUT2D eigenvalue weighted by Gasteiger charge is -2.14. The van der Waals surface area contributed by atoms with Crippen LogP contribution in [0.3, 0.4) is 0 Å². The van der Waals surface area contributed by atoms with Gasteiger partial charge in [0, 0.05) is 0 Å². The molecule has 0 unspecified atom stereocenters. The van der Waals surface area contributed by atoms with E-state index in [1.54, 1.807) is 0 Å². The first kappa shape index (κ1) is 8.31. The van der Waals surface area contributed by atoms with E-state index in [4.69, 9.17) is 5.26 Å². The maximum atomic E-state index is 8.75. The zero-order valence-corrected chi connectivity index (χ0v) is 8.09. The zero-order chi connectivity index (χ0) is 9.47. The van der Waals surface area contributed by atoms with Gasteiger partial charge in [-0.15, -0.1) is 0 Å². The zero-order valence-electron chi connectivity index (χ0n) is 8.09. The number of hydrogen-bond acceptors (Lipinski definition) is 1. The van der Waals surface area contributed by atoms with Crippen LogP contribution in [-0.2, 0) is 12.8 Å². The summed E-state index contributed by atoms with van der Waals surface area (Å²) < 4.78 is 0. The molecule has 0 aromatic heterocycles. The van der Waals surface area contributed by atoms with Gasteiger partial charge in [-0.05, 0) is 41.5 Å². The standard InChI is InChI=1S/C12H13N/c1-12(2)6-10-4-3-9(8-13)5-11(10)7-12/h3-5H,6-7H2,1-2H3. The molecule has 13 heavy (non-hydrogen) atoms. The molecule has 0 heterocycles. The van der Waals surface area contributed by atoms with Crippen molar-refractivity contribution in [1.29, 1.82) is 5.26 Å². The maximum absolute atomic E-state index is 8.75. The van der Waals surface area contributed by atoms with Gasteiger partial charge in [-0.3, -0.25) is 0 Å². The van der Waals surface area contributed by atoms with E-state index in [1.807, 2.05) is 12.1 Å². The second kappa shape index (κ2) is 2.60. The Bertz CT molecular complexity index is 383. The Kier molecular flexibility index (Phi) is 1.66. The van der Waals surface area contributed by atoms with Gasteiger partial charge in [0.2, 0.25) is 0 Å². The summed E-state index contributed by atoms with van der Waals surface area (Å²) in [5.41, 5.74) is 3.96. The minimum atomic E-state index is 0.385. The Labute approximate surface area is 79.0 Å². The van der Waals surface area contributed by atoms with Crippen molar-refractivity contribution in [2.75, 3.05) is 0 Å². The molecule has 2 rings (SSSR count). The van der Waals surface area contributed by atoms with Crippen molar-refractivity contribution in [2.45, 2.75) is 26.7 Å². The SMILES string of the molecule is CC1(C)Cc2ccc(C#N)cc2C1. The molecule has 1 aromatic carbocycles. The van der Waals surface area contributed by atoms with Crippen LogP contribution in [0.5, 0.6) is 0 Å². The van der Waals surface area contributed by atoms with Gasteiger partial charge in [0.05, 0.1) is 11.6 Å². The van der Waals surface area contributed by atoms with E-state index in [1.165, 1.54) is 11.1 Å². The first-order chi connectivity index (χ1) is 6.11. The molecule has 0 atom stereocenters. The molecule has 0 saturated carbocycles. The molecule has 0 spiro atoms. The van der Waals surface area contributed by atoms with Crippen LogP contribution in [0.4, 0.5) is 0 Å². The van der Waals surface area contributed by atoms with Crippen LogP contribution in [0.15, 0.2) is 18.2 Å². The lowest BCUT2D eigenvalue weighted by molar-refractivity contribution is 0.392. The predicted molar refractivity (Wildman–Crippen MR) is 52.3 cm³/mol. The van der Waals surface area contributed by atoms with Crippen LogP contribution in [0, 0.1) is 16.7 Å². The second-order valence-electron chi connectivity index (χ2n) is 4.61. The van der Waals surface area contributed by atoms with Crippen molar-refractivity contribution < 1.29 is 0 Å². The number of rotatable bonds is 0. The van der Waals surface area contributed by atoms with E-state index in [2.05, 4.69) is 26.0 Å². The molecular formula is C12H13N. The second-order valence-corrected chi connectivity index (χ2v) is 4.61. The molecule has 1 aliphatic carbocycles. The number of hydrogen-bond donors (Lipinski definition) is 0. The third kappa shape index (κ3) is 1.45. The Morgan fingerprint density at radius 2 is 1.92 bits per heavy atom. The van der Waals surface area contributed by atoms with Crippen molar-refractivity contribution in [3.05, 3.63) is 34.9 Å². The van der Waals surface area contributed by atoms with Gasteiger partial charge in [-0.2, -0.15) is 5.26 Å². The molecule has 0 radical (unpaired) electrons. The summed E-state index contributed by atoms with van der Waals surface area (Å²) in [6.07, 6.45) is 2.26. The van der Waals surface area contributed by atoms with Crippen LogP contribution in [-0.4, -0.2) is 0 Å². The monoisotopic (exact) mass is 171 g/mol. The van der Waals surface area contributed by atoms with E-state index in [-0.39, 0.29) is 0 Å². The van der Waals surface area contributed by atoms with Gasteiger partial charge in [0.1, 0.15) is 0 Å². The van der Waals surface area contributed by atoms with Gasteiger partial charge in [-0.25, -0.2) is 0 Å². The fourth-order valence-electron chi connectivity index (χ4n) is 2.13. The van der Waals surface area contributed by atoms with Gasteiger partial charge in [0.15, 0.2) is 0 Å². The highest BCUT2D eigenvalue weighted by Gasteiger charge is 2.27. The number of nitrogens with zero attached hydrogens (tertiary/aromatic N) is 1. The average molecular weight is 171 g/mol. The smallest absolute Gasteiger partial charge is 0.0991 e. The molecule has 1 aromatic rings. The van der Waals surface area contributed by atoms with Gasteiger partial charge >= 0.3 is 0 Å². The molecule has 1 heteroatoms. The average Bonchev–Trinajstić information content (AvgIpc) is 2.36. The molecule has 0 fully saturated rings. The summed E-state index contributed by atoms with van der Waals surface area (Å²) in [4.78, 5) is 0. The van der Waals surface area contributed by atoms with E-state index in [0.717, 1.165) is 18.4 Å². The molecule has 0 amide bonds. The summed E-state index contributed by atoms with van der Waals surface area (Å²) in [5.74, 6) is 0. The first-order valence-corrected chi connectivity index (χ1v) is 4.63. The van der Waals surface area contributed by atoms with Gasteiger partial charge in [0.25, 0.3) is 0 Å². The Balaban J connectivity index is 2.43. The molecule has 1 nitrogen and oxygen atoms in total. The molecule has 0 saturated heterocycles. The fraction of sp³-hybridized carbons (Fsp3) is 0.417. The van der Waals surface area contributed by atoms with Gasteiger partial charge in [-0.1, -0.05) is 19.9 Å². The summed E-state index contributed by atoms with van der Waals surface area (Å²) >= 11 is 0. The Morgan fingerprint density at radius 3 is 2.62 bits per heavy atom. The number of benzene rings is 1. The van der Waals surface area contributed by atoms with E-state index in [9.17, 15) is 0 Å². The minimum Gasteiger partial charge on any atom is -0.192 e. The van der Waals surface area contributed by atoms with Crippen molar-refractivity contribution in [1.82, 2.24) is 0 Å². The summed E-state index contributed by atoms with van der Waals surface area (Å²) in [6.45, 7) is 4.55. The highest BCUT2D eigenvalue weighted by molar-refractivity contribution is 5.41. The number of fused-ring (bicyclic) bond motifs is 1. The topological polar surface area (TPSA) is 23.8 Å². The molecule has 1 aliphatic rings. The molecule has 66 valence electrons. The van der Waals surface area contributed by atoms with Gasteiger partial charge < -0.3 is 0 Å². The van der Waals surface area contributed by atoms with Crippen molar-refractivity contribution in [2.24, 2.45) is 5.41 Å². The van der Waals surface area contributed by atoms with Crippen LogP contribution in [0.2, 0.25) is 0 Å². The van der Waals surface area contributed by atoms with Crippen LogP contribution >= 0.6 is 0 Å². The summed E-state index contributed by atoms with van der Waals surface area (Å²) in [6, 6.07) is 8.23. The highest BCUT2D eigenvalue weighted by atomic mass is 14.3. The molecule has 0 aliphatic heterocycles.